The lowest BCUT2D eigenvalue weighted by molar-refractivity contribution is -0.0672. The molecule has 0 amide bonds. The lowest BCUT2D eigenvalue weighted by Crippen LogP contribution is -2.50. The molecule has 1 heterocycles. The fraction of sp³-hybridized carbons (Fsp3) is 1.00. The van der Waals surface area contributed by atoms with Crippen molar-refractivity contribution in [2.45, 2.75) is 49.5 Å². The summed E-state index contributed by atoms with van der Waals surface area (Å²) in [7, 11) is -3.13. The van der Waals surface area contributed by atoms with Gasteiger partial charge in [0.25, 0.3) is 0 Å². The minimum Gasteiger partial charge on any atom is -0.379 e. The zero-order valence-corrected chi connectivity index (χ0v) is 11.3. The fourth-order valence-corrected chi connectivity index (χ4v) is 3.88. The minimum atomic E-state index is -3.13. The molecule has 1 saturated heterocycles. The van der Waals surface area contributed by atoms with E-state index in [4.69, 9.17) is 9.47 Å². The van der Waals surface area contributed by atoms with Crippen molar-refractivity contribution in [2.24, 2.45) is 5.92 Å². The molecular formula is C12H21NO4S. The molecule has 2 saturated carbocycles. The van der Waals surface area contributed by atoms with Crippen LogP contribution in [0.3, 0.4) is 0 Å². The van der Waals surface area contributed by atoms with Gasteiger partial charge in [0.2, 0.25) is 10.0 Å². The van der Waals surface area contributed by atoms with E-state index in [2.05, 4.69) is 4.72 Å². The first-order valence-electron chi connectivity index (χ1n) is 6.85. The highest BCUT2D eigenvalue weighted by Gasteiger charge is 2.39. The van der Waals surface area contributed by atoms with Crippen molar-refractivity contribution >= 4 is 10.0 Å². The Bertz CT molecular complexity index is 389. The molecule has 2 aliphatic carbocycles. The summed E-state index contributed by atoms with van der Waals surface area (Å²) in [6, 6.07) is -0.108. The van der Waals surface area contributed by atoms with Gasteiger partial charge in [0.15, 0.2) is 0 Å². The van der Waals surface area contributed by atoms with Gasteiger partial charge in [-0.15, -0.1) is 0 Å². The predicted molar refractivity (Wildman–Crippen MR) is 66.8 cm³/mol. The zero-order chi connectivity index (χ0) is 12.6. The van der Waals surface area contributed by atoms with Gasteiger partial charge in [-0.1, -0.05) is 0 Å². The van der Waals surface area contributed by atoms with Crippen molar-refractivity contribution in [1.82, 2.24) is 4.72 Å². The molecule has 3 rings (SSSR count). The van der Waals surface area contributed by atoms with Crippen LogP contribution in [0.15, 0.2) is 0 Å². The summed E-state index contributed by atoms with van der Waals surface area (Å²) < 4.78 is 37.9. The number of ether oxygens (including phenoxy) is 2. The normalized spacial score (nSPS) is 33.6. The fourth-order valence-electron chi connectivity index (χ4n) is 2.24. The lowest BCUT2D eigenvalue weighted by atomic mass is 10.1. The van der Waals surface area contributed by atoms with E-state index < -0.39 is 10.0 Å². The van der Waals surface area contributed by atoms with E-state index in [-0.39, 0.29) is 17.4 Å². The number of nitrogens with one attached hydrogen (secondary N) is 1. The maximum absolute atomic E-state index is 11.9. The zero-order valence-electron chi connectivity index (χ0n) is 10.5. The van der Waals surface area contributed by atoms with E-state index in [0.717, 1.165) is 19.4 Å². The third kappa shape index (κ3) is 3.23. The van der Waals surface area contributed by atoms with Gasteiger partial charge < -0.3 is 9.47 Å². The summed E-state index contributed by atoms with van der Waals surface area (Å²) in [6.45, 7) is 1.86. The van der Waals surface area contributed by atoms with Gasteiger partial charge in [-0.05, 0) is 38.0 Å². The van der Waals surface area contributed by atoms with Gasteiger partial charge >= 0.3 is 0 Å². The molecule has 0 aromatic rings. The van der Waals surface area contributed by atoms with E-state index in [1.54, 1.807) is 0 Å². The Labute approximate surface area is 108 Å². The molecule has 104 valence electrons. The van der Waals surface area contributed by atoms with Crippen molar-refractivity contribution < 1.29 is 17.9 Å². The molecule has 0 aromatic carbocycles. The van der Waals surface area contributed by atoms with E-state index in [1.807, 2.05) is 0 Å². The van der Waals surface area contributed by atoms with Crippen LogP contribution in [-0.4, -0.2) is 45.6 Å². The summed E-state index contributed by atoms with van der Waals surface area (Å²) in [5, 5.41) is -0.163. The molecule has 0 bridgehead atoms. The minimum absolute atomic E-state index is 0.108. The highest BCUT2D eigenvalue weighted by molar-refractivity contribution is 7.90. The molecule has 0 radical (unpaired) electrons. The molecule has 18 heavy (non-hydrogen) atoms. The van der Waals surface area contributed by atoms with Crippen LogP contribution >= 0.6 is 0 Å². The molecule has 1 aliphatic heterocycles. The first kappa shape index (κ1) is 12.8. The van der Waals surface area contributed by atoms with Crippen LogP contribution in [0.4, 0.5) is 0 Å². The highest BCUT2D eigenvalue weighted by Crippen LogP contribution is 2.31. The Balaban J connectivity index is 1.56. The summed E-state index contributed by atoms with van der Waals surface area (Å²) in [5.41, 5.74) is 0. The van der Waals surface area contributed by atoms with Gasteiger partial charge in [0.05, 0.1) is 24.0 Å². The summed E-state index contributed by atoms with van der Waals surface area (Å²) in [5.74, 6) is 0.688. The molecule has 3 fully saturated rings. The molecule has 5 nitrogen and oxygen atoms in total. The second-order valence-electron chi connectivity index (χ2n) is 5.65. The van der Waals surface area contributed by atoms with Crippen LogP contribution in [0.5, 0.6) is 0 Å². The smallest absolute Gasteiger partial charge is 0.214 e. The molecule has 0 aromatic heterocycles. The van der Waals surface area contributed by atoms with Crippen molar-refractivity contribution in [3.63, 3.8) is 0 Å². The van der Waals surface area contributed by atoms with E-state index >= 15 is 0 Å². The maximum atomic E-state index is 11.9. The first-order valence-corrected chi connectivity index (χ1v) is 8.40. The SMILES string of the molecule is O=S(=O)(N[C@@H]1CCOC[C@H]1OCC1CC1)C1CC1. The van der Waals surface area contributed by atoms with Crippen molar-refractivity contribution in [3.05, 3.63) is 0 Å². The molecule has 1 N–H and O–H groups in total. The first-order chi connectivity index (χ1) is 8.65. The van der Waals surface area contributed by atoms with Gasteiger partial charge in [0, 0.05) is 13.2 Å². The van der Waals surface area contributed by atoms with Crippen LogP contribution in [0.25, 0.3) is 0 Å². The lowest BCUT2D eigenvalue weighted by Gasteiger charge is -2.32. The van der Waals surface area contributed by atoms with Crippen LogP contribution in [0.1, 0.15) is 32.1 Å². The van der Waals surface area contributed by atoms with E-state index in [1.165, 1.54) is 12.8 Å². The van der Waals surface area contributed by atoms with Crippen LogP contribution in [0, 0.1) is 5.92 Å². The van der Waals surface area contributed by atoms with Crippen LogP contribution in [-0.2, 0) is 19.5 Å². The van der Waals surface area contributed by atoms with Crippen molar-refractivity contribution in [2.75, 3.05) is 19.8 Å². The Kier molecular flexibility index (Phi) is 3.62. The molecule has 0 unspecified atom stereocenters. The monoisotopic (exact) mass is 275 g/mol. The third-order valence-electron chi connectivity index (χ3n) is 3.83. The maximum Gasteiger partial charge on any atom is 0.214 e. The molecular weight excluding hydrogens is 254 g/mol. The van der Waals surface area contributed by atoms with Gasteiger partial charge in [-0.2, -0.15) is 0 Å². The topological polar surface area (TPSA) is 64.6 Å². The summed E-state index contributed by atoms with van der Waals surface area (Å²) in [6.07, 6.45) is 4.67. The Hall–Kier alpha value is -0.170. The Morgan fingerprint density at radius 2 is 1.94 bits per heavy atom. The molecule has 0 spiro atoms. The van der Waals surface area contributed by atoms with Crippen LogP contribution in [0.2, 0.25) is 0 Å². The van der Waals surface area contributed by atoms with Gasteiger partial charge in [0.1, 0.15) is 0 Å². The standard InChI is InChI=1S/C12H21NO4S/c14-18(15,10-3-4-10)13-11-5-6-16-8-12(11)17-7-9-1-2-9/h9-13H,1-8H2/t11-,12-/m1/s1. The predicted octanol–water partition coefficient (Wildman–Crippen LogP) is 0.652. The number of rotatable bonds is 6. The summed E-state index contributed by atoms with van der Waals surface area (Å²) >= 11 is 0. The van der Waals surface area contributed by atoms with Gasteiger partial charge in [-0.25, -0.2) is 13.1 Å². The second kappa shape index (κ2) is 5.07. The Morgan fingerprint density at radius 3 is 2.61 bits per heavy atom. The number of sulfonamides is 1. The molecule has 3 aliphatic rings. The van der Waals surface area contributed by atoms with Crippen LogP contribution < -0.4 is 4.72 Å². The quantitative estimate of drug-likeness (QED) is 0.773. The van der Waals surface area contributed by atoms with Gasteiger partial charge in [-0.3, -0.25) is 0 Å². The average Bonchev–Trinajstić information content (AvgIpc) is 3.18. The average molecular weight is 275 g/mol. The van der Waals surface area contributed by atoms with E-state index in [0.29, 0.717) is 25.6 Å². The highest BCUT2D eigenvalue weighted by atomic mass is 32.2. The number of hydrogen-bond donors (Lipinski definition) is 1. The Morgan fingerprint density at radius 1 is 1.17 bits per heavy atom. The third-order valence-corrected chi connectivity index (χ3v) is 5.81. The van der Waals surface area contributed by atoms with E-state index in [9.17, 15) is 8.42 Å². The second-order valence-corrected chi connectivity index (χ2v) is 7.64. The van der Waals surface area contributed by atoms with Crippen molar-refractivity contribution in [1.29, 1.82) is 0 Å². The van der Waals surface area contributed by atoms with Crippen molar-refractivity contribution in [3.8, 4) is 0 Å². The molecule has 2 atom stereocenters. The summed E-state index contributed by atoms with van der Waals surface area (Å²) in [4.78, 5) is 0. The number of hydrogen-bond acceptors (Lipinski definition) is 4. The largest absolute Gasteiger partial charge is 0.379 e. The molecule has 6 heteroatoms.